The number of aryl methyl sites for hydroxylation is 2. The van der Waals surface area contributed by atoms with E-state index in [1.807, 2.05) is 27.7 Å². The second-order valence-electron chi connectivity index (χ2n) is 5.76. The first-order valence-electron chi connectivity index (χ1n) is 7.00. The highest BCUT2D eigenvalue weighted by Gasteiger charge is 2.18. The quantitative estimate of drug-likeness (QED) is 0.405. The number of rotatable bonds is 5. The Morgan fingerprint density at radius 3 is 2.41 bits per heavy atom. The van der Waals surface area contributed by atoms with E-state index >= 15 is 0 Å². The second kappa shape index (κ2) is 9.82. The van der Waals surface area contributed by atoms with Crippen LogP contribution in [0.3, 0.4) is 0 Å². The van der Waals surface area contributed by atoms with E-state index in [9.17, 15) is 4.21 Å². The van der Waals surface area contributed by atoms with Gasteiger partial charge in [0.2, 0.25) is 0 Å². The number of nitrogens with zero attached hydrogens (tertiary/aromatic N) is 2. The first-order chi connectivity index (χ1) is 9.74. The highest BCUT2D eigenvalue weighted by Crippen LogP contribution is 2.15. The average molecular weight is 458 g/mol. The minimum absolute atomic E-state index is 0. The first-order valence-corrected chi connectivity index (χ1v) is 9.13. The lowest BCUT2D eigenvalue weighted by Gasteiger charge is -2.18. The van der Waals surface area contributed by atoms with Crippen molar-refractivity contribution in [1.82, 2.24) is 15.6 Å². The summed E-state index contributed by atoms with van der Waals surface area (Å²) in [5.74, 6) is 1.33. The van der Waals surface area contributed by atoms with Crippen LogP contribution in [-0.2, 0) is 17.3 Å². The molecular weight excluding hydrogens is 431 g/mol. The van der Waals surface area contributed by atoms with Crippen molar-refractivity contribution in [2.75, 3.05) is 19.3 Å². The molecule has 0 aromatic carbocycles. The molecule has 0 aliphatic heterocycles. The topological polar surface area (TPSA) is 66.4 Å². The summed E-state index contributed by atoms with van der Waals surface area (Å²) in [6.07, 6.45) is 0. The number of guanidine groups is 1. The molecule has 0 radical (unpaired) electrons. The summed E-state index contributed by atoms with van der Waals surface area (Å²) in [5, 5.41) is 7.46. The zero-order valence-corrected chi connectivity index (χ0v) is 18.1. The first kappa shape index (κ1) is 21.8. The number of halogens is 1. The molecular formula is C14H27IN4OS2. The molecule has 128 valence electrons. The molecule has 1 atom stereocenters. The van der Waals surface area contributed by atoms with Gasteiger partial charge < -0.3 is 10.6 Å². The number of thiazole rings is 1. The Morgan fingerprint density at radius 2 is 1.95 bits per heavy atom. The van der Waals surface area contributed by atoms with Crippen LogP contribution >= 0.6 is 35.3 Å². The molecule has 5 nitrogen and oxygen atoms in total. The summed E-state index contributed by atoms with van der Waals surface area (Å²) in [6, 6.07) is 0. The van der Waals surface area contributed by atoms with Gasteiger partial charge in [0.05, 0.1) is 12.2 Å². The van der Waals surface area contributed by atoms with E-state index in [1.165, 1.54) is 4.88 Å². The van der Waals surface area contributed by atoms with Crippen molar-refractivity contribution in [3.8, 4) is 0 Å². The fourth-order valence-corrected chi connectivity index (χ4v) is 3.34. The van der Waals surface area contributed by atoms with Crippen LogP contribution in [0.15, 0.2) is 4.99 Å². The van der Waals surface area contributed by atoms with Crippen molar-refractivity contribution in [3.63, 3.8) is 0 Å². The summed E-state index contributed by atoms with van der Waals surface area (Å²) in [7, 11) is 0.880. The fraction of sp³-hybridized carbons (Fsp3) is 0.714. The van der Waals surface area contributed by atoms with Gasteiger partial charge in [0.15, 0.2) is 5.96 Å². The van der Waals surface area contributed by atoms with Crippen molar-refractivity contribution in [2.24, 2.45) is 4.99 Å². The fourth-order valence-electron chi connectivity index (χ4n) is 1.56. The van der Waals surface area contributed by atoms with Gasteiger partial charge in [-0.1, -0.05) is 0 Å². The van der Waals surface area contributed by atoms with Gasteiger partial charge in [-0.25, -0.2) is 4.98 Å². The molecule has 1 aromatic rings. The smallest absolute Gasteiger partial charge is 0.191 e. The molecule has 0 saturated heterocycles. The maximum absolute atomic E-state index is 12.0. The van der Waals surface area contributed by atoms with Gasteiger partial charge in [0.25, 0.3) is 0 Å². The predicted octanol–water partition coefficient (Wildman–Crippen LogP) is 2.59. The average Bonchev–Trinajstić information content (AvgIpc) is 2.71. The Morgan fingerprint density at radius 1 is 1.32 bits per heavy atom. The van der Waals surface area contributed by atoms with E-state index in [2.05, 4.69) is 27.5 Å². The molecule has 0 saturated carbocycles. The van der Waals surface area contributed by atoms with Crippen LogP contribution in [0.1, 0.15) is 36.3 Å². The standard InChI is InChI=1S/C14H26N4OS2.HI/c1-10-11(2)20-12(18-10)9-17-13(15-6)16-7-8-21(19)14(3,4)5;/h7-9H2,1-6H3,(H2,15,16,17);1H. The molecule has 22 heavy (non-hydrogen) atoms. The molecule has 2 N–H and O–H groups in total. The van der Waals surface area contributed by atoms with Crippen molar-refractivity contribution in [1.29, 1.82) is 0 Å². The Hall–Kier alpha value is -0.220. The maximum Gasteiger partial charge on any atom is 0.191 e. The van der Waals surface area contributed by atoms with E-state index in [-0.39, 0.29) is 28.7 Å². The Kier molecular flexibility index (Phi) is 9.72. The van der Waals surface area contributed by atoms with Gasteiger partial charge in [0, 0.05) is 39.8 Å². The number of aliphatic imine (C=N–C) groups is 1. The van der Waals surface area contributed by atoms with Crippen molar-refractivity contribution < 1.29 is 4.21 Å². The molecule has 0 bridgehead atoms. The van der Waals surface area contributed by atoms with Gasteiger partial charge in [-0.2, -0.15) is 0 Å². The Labute approximate surface area is 157 Å². The maximum atomic E-state index is 12.0. The summed E-state index contributed by atoms with van der Waals surface area (Å²) < 4.78 is 11.8. The van der Waals surface area contributed by atoms with Crippen LogP contribution < -0.4 is 10.6 Å². The lowest BCUT2D eigenvalue weighted by molar-refractivity contribution is 0.647. The summed E-state index contributed by atoms with van der Waals surface area (Å²) in [6.45, 7) is 11.4. The van der Waals surface area contributed by atoms with E-state index in [0.717, 1.165) is 10.7 Å². The highest BCUT2D eigenvalue weighted by molar-refractivity contribution is 14.0. The molecule has 0 aliphatic rings. The highest BCUT2D eigenvalue weighted by atomic mass is 127. The van der Waals surface area contributed by atoms with Gasteiger partial charge in [-0.05, 0) is 34.6 Å². The number of hydrogen-bond donors (Lipinski definition) is 2. The molecule has 8 heteroatoms. The number of hydrogen-bond acceptors (Lipinski definition) is 4. The minimum atomic E-state index is -0.851. The number of nitrogens with one attached hydrogen (secondary N) is 2. The lowest BCUT2D eigenvalue weighted by Crippen LogP contribution is -2.40. The van der Waals surface area contributed by atoms with Crippen LogP contribution in [0.25, 0.3) is 0 Å². The van der Waals surface area contributed by atoms with Crippen molar-refractivity contribution in [2.45, 2.75) is 45.9 Å². The predicted molar refractivity (Wildman–Crippen MR) is 108 cm³/mol. The molecule has 0 spiro atoms. The van der Waals surface area contributed by atoms with Crippen molar-refractivity contribution in [3.05, 3.63) is 15.6 Å². The van der Waals surface area contributed by atoms with E-state index in [4.69, 9.17) is 0 Å². The monoisotopic (exact) mass is 458 g/mol. The van der Waals surface area contributed by atoms with Gasteiger partial charge >= 0.3 is 0 Å². The molecule has 1 rings (SSSR count). The van der Waals surface area contributed by atoms with Crippen LogP contribution in [0, 0.1) is 13.8 Å². The SMILES string of the molecule is CN=C(NCCS(=O)C(C)(C)C)NCc1nc(C)c(C)s1.I. The minimum Gasteiger partial charge on any atom is -0.355 e. The normalized spacial score (nSPS) is 13.5. The van der Waals surface area contributed by atoms with Crippen LogP contribution in [-0.4, -0.2) is 39.2 Å². The van der Waals surface area contributed by atoms with Crippen LogP contribution in [0.5, 0.6) is 0 Å². The zero-order valence-electron chi connectivity index (χ0n) is 14.1. The Bertz CT molecular complexity index is 504. The third-order valence-electron chi connectivity index (χ3n) is 2.97. The molecule has 1 unspecified atom stereocenters. The molecule has 1 aromatic heterocycles. The van der Waals surface area contributed by atoms with Gasteiger partial charge in [-0.3, -0.25) is 9.20 Å². The van der Waals surface area contributed by atoms with Crippen LogP contribution in [0.2, 0.25) is 0 Å². The van der Waals surface area contributed by atoms with Crippen molar-refractivity contribution >= 4 is 52.1 Å². The van der Waals surface area contributed by atoms with E-state index < -0.39 is 10.8 Å². The largest absolute Gasteiger partial charge is 0.355 e. The summed E-state index contributed by atoms with van der Waals surface area (Å²) in [4.78, 5) is 9.89. The summed E-state index contributed by atoms with van der Waals surface area (Å²) >= 11 is 1.69. The third-order valence-corrected chi connectivity index (χ3v) is 5.98. The van der Waals surface area contributed by atoms with E-state index in [1.54, 1.807) is 18.4 Å². The molecule has 0 amide bonds. The molecule has 1 heterocycles. The van der Waals surface area contributed by atoms with Gasteiger partial charge in [-0.15, -0.1) is 35.3 Å². The zero-order chi connectivity index (χ0) is 16.0. The summed E-state index contributed by atoms with van der Waals surface area (Å²) in [5.41, 5.74) is 1.08. The molecule has 0 aliphatic carbocycles. The number of aromatic nitrogens is 1. The second-order valence-corrected chi connectivity index (χ2v) is 9.38. The van der Waals surface area contributed by atoms with Gasteiger partial charge in [0.1, 0.15) is 5.01 Å². The molecule has 0 fully saturated rings. The third kappa shape index (κ3) is 7.36. The Balaban J connectivity index is 0.00000441. The lowest BCUT2D eigenvalue weighted by atomic mass is 10.3. The van der Waals surface area contributed by atoms with E-state index in [0.29, 0.717) is 24.8 Å². The van der Waals surface area contributed by atoms with Crippen LogP contribution in [0.4, 0.5) is 0 Å².